The Balaban J connectivity index is 2.60. The second kappa shape index (κ2) is 5.50. The van der Waals surface area contributed by atoms with Gasteiger partial charge in [-0.05, 0) is 0 Å². The van der Waals surface area contributed by atoms with E-state index in [2.05, 4.69) is 15.3 Å². The van der Waals surface area contributed by atoms with Crippen LogP contribution < -0.4 is 5.32 Å². The summed E-state index contributed by atoms with van der Waals surface area (Å²) in [5.74, 6) is -0.960. The van der Waals surface area contributed by atoms with Crippen molar-refractivity contribution in [1.29, 1.82) is 0 Å². The minimum atomic E-state index is -4.38. The molecule has 1 heterocycles. The first-order valence-electron chi connectivity index (χ1n) is 4.32. The average molecular weight is 288 g/mol. The first-order chi connectivity index (χ1) is 7.79. The van der Waals surface area contributed by atoms with Crippen molar-refractivity contribution < 1.29 is 18.0 Å². The fourth-order valence-electron chi connectivity index (χ4n) is 0.885. The molecule has 0 aliphatic carbocycles. The van der Waals surface area contributed by atoms with Gasteiger partial charge in [0.2, 0.25) is 5.91 Å². The molecule has 0 aliphatic rings. The van der Waals surface area contributed by atoms with Crippen molar-refractivity contribution in [2.75, 3.05) is 5.32 Å². The Kier molecular flexibility index (Phi) is 4.53. The van der Waals surface area contributed by atoms with Crippen LogP contribution in [-0.2, 0) is 4.79 Å². The standard InChI is InChI=1S/C8H6Cl2F3N3O/c9-5-6(10)14-3-15-7(5)16-4(17)1-2-8(11,12)13/h3H,1-2H2,(H,14,15,16,17). The van der Waals surface area contributed by atoms with Crippen LogP contribution in [-0.4, -0.2) is 22.1 Å². The molecule has 0 spiro atoms. The smallest absolute Gasteiger partial charge is 0.309 e. The Morgan fingerprint density at radius 1 is 1.35 bits per heavy atom. The number of rotatable bonds is 3. The van der Waals surface area contributed by atoms with Crippen molar-refractivity contribution in [2.45, 2.75) is 19.0 Å². The number of aromatic nitrogens is 2. The lowest BCUT2D eigenvalue weighted by Crippen LogP contribution is -2.17. The molecule has 0 atom stereocenters. The monoisotopic (exact) mass is 287 g/mol. The van der Waals surface area contributed by atoms with Crippen LogP contribution in [0.3, 0.4) is 0 Å². The third-order valence-corrected chi connectivity index (χ3v) is 2.38. The quantitative estimate of drug-likeness (QED) is 0.870. The fraction of sp³-hybridized carbons (Fsp3) is 0.375. The van der Waals surface area contributed by atoms with Gasteiger partial charge in [-0.15, -0.1) is 0 Å². The van der Waals surface area contributed by atoms with Crippen molar-refractivity contribution in [3.63, 3.8) is 0 Å². The Labute approximate surface area is 104 Å². The van der Waals surface area contributed by atoms with Crippen LogP contribution in [0.25, 0.3) is 0 Å². The second-order valence-corrected chi connectivity index (χ2v) is 3.73. The molecule has 0 radical (unpaired) electrons. The zero-order valence-corrected chi connectivity index (χ0v) is 9.70. The summed E-state index contributed by atoms with van der Waals surface area (Å²) in [5, 5.41) is 1.91. The van der Waals surface area contributed by atoms with Crippen LogP contribution >= 0.6 is 23.2 Å². The lowest BCUT2D eigenvalue weighted by Gasteiger charge is -2.07. The highest BCUT2D eigenvalue weighted by Gasteiger charge is 2.28. The molecule has 0 unspecified atom stereocenters. The number of carbonyl (C=O) groups excluding carboxylic acids is 1. The van der Waals surface area contributed by atoms with Crippen molar-refractivity contribution >= 4 is 34.9 Å². The molecule has 0 saturated heterocycles. The number of nitrogens with zero attached hydrogens (tertiary/aromatic N) is 2. The van der Waals surface area contributed by atoms with Gasteiger partial charge in [-0.25, -0.2) is 9.97 Å². The number of amides is 1. The first-order valence-corrected chi connectivity index (χ1v) is 5.08. The molecule has 0 bridgehead atoms. The number of halogens is 5. The van der Waals surface area contributed by atoms with E-state index >= 15 is 0 Å². The zero-order chi connectivity index (χ0) is 13.1. The van der Waals surface area contributed by atoms with E-state index in [9.17, 15) is 18.0 Å². The average Bonchev–Trinajstić information content (AvgIpc) is 2.21. The van der Waals surface area contributed by atoms with Gasteiger partial charge in [-0.1, -0.05) is 23.2 Å². The molecule has 17 heavy (non-hydrogen) atoms. The van der Waals surface area contributed by atoms with Crippen LogP contribution in [0.15, 0.2) is 6.33 Å². The van der Waals surface area contributed by atoms with E-state index < -0.39 is 24.9 Å². The predicted octanol–water partition coefficient (Wildman–Crippen LogP) is 3.06. The fourth-order valence-corrected chi connectivity index (χ4v) is 1.16. The summed E-state index contributed by atoms with van der Waals surface area (Å²) in [6.45, 7) is 0. The second-order valence-electron chi connectivity index (χ2n) is 2.99. The molecule has 9 heteroatoms. The molecule has 1 amide bonds. The molecule has 0 aromatic carbocycles. The van der Waals surface area contributed by atoms with Gasteiger partial charge in [0, 0.05) is 6.42 Å². The van der Waals surface area contributed by atoms with E-state index in [1.54, 1.807) is 0 Å². The van der Waals surface area contributed by atoms with Crippen LogP contribution in [0.5, 0.6) is 0 Å². The number of carbonyl (C=O) groups is 1. The van der Waals surface area contributed by atoms with E-state index in [0.717, 1.165) is 6.33 Å². The highest BCUT2D eigenvalue weighted by molar-refractivity contribution is 6.42. The van der Waals surface area contributed by atoms with Gasteiger partial charge in [-0.2, -0.15) is 13.2 Å². The zero-order valence-electron chi connectivity index (χ0n) is 8.18. The van der Waals surface area contributed by atoms with Crippen LogP contribution in [0.1, 0.15) is 12.8 Å². The molecule has 1 aromatic heterocycles. The molecule has 94 valence electrons. The van der Waals surface area contributed by atoms with Gasteiger partial charge < -0.3 is 5.32 Å². The Morgan fingerprint density at radius 3 is 2.59 bits per heavy atom. The van der Waals surface area contributed by atoms with Crippen molar-refractivity contribution in [3.8, 4) is 0 Å². The number of hydrogen-bond donors (Lipinski definition) is 1. The van der Waals surface area contributed by atoms with E-state index in [1.807, 2.05) is 0 Å². The van der Waals surface area contributed by atoms with E-state index in [-0.39, 0.29) is 16.0 Å². The Hall–Kier alpha value is -1.08. The maximum Gasteiger partial charge on any atom is 0.389 e. The third-order valence-electron chi connectivity index (χ3n) is 1.64. The highest BCUT2D eigenvalue weighted by Crippen LogP contribution is 2.26. The number of alkyl halides is 3. The van der Waals surface area contributed by atoms with E-state index in [4.69, 9.17) is 23.2 Å². The van der Waals surface area contributed by atoms with Crippen molar-refractivity contribution in [3.05, 3.63) is 16.5 Å². The molecule has 0 fully saturated rings. The molecule has 1 N–H and O–H groups in total. The normalized spacial score (nSPS) is 11.4. The summed E-state index contributed by atoms with van der Waals surface area (Å²) in [7, 11) is 0. The minimum absolute atomic E-state index is 0.0900. The minimum Gasteiger partial charge on any atom is -0.309 e. The maximum atomic E-state index is 11.8. The molecular formula is C8H6Cl2F3N3O. The predicted molar refractivity (Wildman–Crippen MR) is 56.0 cm³/mol. The van der Waals surface area contributed by atoms with Crippen LogP contribution in [0, 0.1) is 0 Å². The van der Waals surface area contributed by atoms with Gasteiger partial charge in [0.25, 0.3) is 0 Å². The molecule has 1 rings (SSSR count). The maximum absolute atomic E-state index is 11.8. The number of anilines is 1. The molecule has 1 aromatic rings. The molecular weight excluding hydrogens is 282 g/mol. The number of nitrogens with one attached hydrogen (secondary N) is 1. The lowest BCUT2D eigenvalue weighted by molar-refractivity contribution is -0.142. The largest absolute Gasteiger partial charge is 0.389 e. The topological polar surface area (TPSA) is 54.9 Å². The third kappa shape index (κ3) is 4.74. The van der Waals surface area contributed by atoms with Crippen LogP contribution in [0.4, 0.5) is 19.0 Å². The summed E-state index contributed by atoms with van der Waals surface area (Å²) >= 11 is 11.2. The van der Waals surface area contributed by atoms with Gasteiger partial charge in [0.05, 0.1) is 6.42 Å². The molecule has 0 aliphatic heterocycles. The summed E-state index contributed by atoms with van der Waals surface area (Å²) in [5.41, 5.74) is 0. The number of hydrogen-bond acceptors (Lipinski definition) is 3. The molecule has 0 saturated carbocycles. The van der Waals surface area contributed by atoms with Gasteiger partial charge in [-0.3, -0.25) is 4.79 Å². The Morgan fingerprint density at radius 2 is 2.00 bits per heavy atom. The van der Waals surface area contributed by atoms with Crippen molar-refractivity contribution in [2.24, 2.45) is 0 Å². The van der Waals surface area contributed by atoms with Crippen molar-refractivity contribution in [1.82, 2.24) is 9.97 Å². The van der Waals surface area contributed by atoms with Gasteiger partial charge in [0.1, 0.15) is 11.3 Å². The summed E-state index contributed by atoms with van der Waals surface area (Å²) in [4.78, 5) is 18.3. The van der Waals surface area contributed by atoms with E-state index in [0.29, 0.717) is 0 Å². The van der Waals surface area contributed by atoms with Gasteiger partial charge in [0.15, 0.2) is 11.0 Å². The highest BCUT2D eigenvalue weighted by atomic mass is 35.5. The lowest BCUT2D eigenvalue weighted by atomic mass is 10.3. The van der Waals surface area contributed by atoms with Gasteiger partial charge >= 0.3 is 6.18 Å². The van der Waals surface area contributed by atoms with Crippen LogP contribution in [0.2, 0.25) is 10.2 Å². The summed E-state index contributed by atoms with van der Waals surface area (Å²) in [6, 6.07) is 0. The molecule has 4 nitrogen and oxygen atoms in total. The SMILES string of the molecule is O=C(CCC(F)(F)F)Nc1ncnc(Cl)c1Cl. The summed E-state index contributed by atoms with van der Waals surface area (Å²) < 4.78 is 35.5. The summed E-state index contributed by atoms with van der Waals surface area (Å²) in [6.07, 6.45) is -5.27. The Bertz CT molecular complexity index is 425. The van der Waals surface area contributed by atoms with E-state index in [1.165, 1.54) is 0 Å². The first kappa shape index (κ1) is 14.0.